The van der Waals surface area contributed by atoms with Crippen LogP contribution in [0, 0.1) is 0 Å². The first kappa shape index (κ1) is 11.5. The first-order valence-corrected chi connectivity index (χ1v) is 5.23. The van der Waals surface area contributed by atoms with Crippen molar-refractivity contribution >= 4 is 13.0 Å². The molecule has 5 nitrogen and oxygen atoms in total. The van der Waals surface area contributed by atoms with E-state index in [-0.39, 0.29) is 18.7 Å². The Morgan fingerprint density at radius 1 is 1.42 bits per heavy atom. The molecule has 6 heteroatoms. The van der Waals surface area contributed by atoms with Crippen LogP contribution in [0.1, 0.15) is 20.8 Å². The Kier molecular flexibility index (Phi) is 5.02. The molecule has 0 amide bonds. The number of rotatable bonds is 5. The normalized spacial score (nSPS) is 10.9. The molecular formula is C6H13N2O3P. The van der Waals surface area contributed by atoms with Crippen LogP contribution in [0.4, 0.5) is 0 Å². The van der Waals surface area contributed by atoms with Gasteiger partial charge < -0.3 is 14.6 Å². The summed E-state index contributed by atoms with van der Waals surface area (Å²) in [5.74, 6) is 0. The minimum atomic E-state index is -3.31. The van der Waals surface area contributed by atoms with Crippen LogP contribution in [0.2, 0.25) is 0 Å². The summed E-state index contributed by atoms with van der Waals surface area (Å²) >= 11 is 0. The van der Waals surface area contributed by atoms with Crippen molar-refractivity contribution < 1.29 is 18.4 Å². The van der Waals surface area contributed by atoms with E-state index in [4.69, 9.17) is 14.6 Å². The van der Waals surface area contributed by atoms with E-state index in [1.165, 1.54) is 6.92 Å². The van der Waals surface area contributed by atoms with Gasteiger partial charge in [0.25, 0.3) is 0 Å². The molecular weight excluding hydrogens is 179 g/mol. The van der Waals surface area contributed by atoms with E-state index in [1.807, 2.05) is 0 Å². The fourth-order valence-corrected chi connectivity index (χ4v) is 1.86. The molecule has 0 atom stereocenters. The van der Waals surface area contributed by atoms with Gasteiger partial charge in [0.05, 0.1) is 13.2 Å². The van der Waals surface area contributed by atoms with E-state index >= 15 is 0 Å². The van der Waals surface area contributed by atoms with Crippen molar-refractivity contribution in [1.29, 1.82) is 0 Å². The van der Waals surface area contributed by atoms with Gasteiger partial charge in [0.1, 0.15) is 0 Å². The Morgan fingerprint density at radius 2 is 1.83 bits per heavy atom. The maximum absolute atomic E-state index is 11.6. The molecule has 0 aliphatic carbocycles. The number of hydrogen-bond acceptors (Lipinski definition) is 3. The van der Waals surface area contributed by atoms with Crippen LogP contribution in [0.3, 0.4) is 0 Å². The van der Waals surface area contributed by atoms with Crippen LogP contribution in [-0.2, 0) is 13.6 Å². The molecule has 0 saturated heterocycles. The molecule has 70 valence electrons. The molecule has 0 fully saturated rings. The highest BCUT2D eigenvalue weighted by atomic mass is 31.2. The molecule has 0 aromatic heterocycles. The third-order valence-corrected chi connectivity index (χ3v) is 3.22. The Bertz CT molecular complexity index is 225. The molecule has 0 aromatic rings. The first-order chi connectivity index (χ1) is 5.60. The van der Waals surface area contributed by atoms with E-state index in [2.05, 4.69) is 4.79 Å². The lowest BCUT2D eigenvalue weighted by atomic mass is 10.9. The summed E-state index contributed by atoms with van der Waals surface area (Å²) in [5.41, 5.74) is 8.36. The molecule has 0 heterocycles. The van der Waals surface area contributed by atoms with Gasteiger partial charge in [-0.2, -0.15) is 4.79 Å². The van der Waals surface area contributed by atoms with Gasteiger partial charge in [-0.3, -0.25) is 0 Å². The molecule has 0 spiro atoms. The third kappa shape index (κ3) is 2.88. The van der Waals surface area contributed by atoms with Gasteiger partial charge in [0.15, 0.2) is 0 Å². The Balaban J connectivity index is 4.62. The Labute approximate surface area is 71.8 Å². The zero-order valence-corrected chi connectivity index (χ0v) is 8.38. The average molecular weight is 192 g/mol. The summed E-state index contributed by atoms with van der Waals surface area (Å²) in [4.78, 5) is 2.80. The lowest BCUT2D eigenvalue weighted by Gasteiger charge is -2.09. The fraction of sp³-hybridized carbons (Fsp3) is 0.833. The summed E-state index contributed by atoms with van der Waals surface area (Å²) in [6.07, 6.45) is 0. The largest absolute Gasteiger partial charge is 0.437 e. The van der Waals surface area contributed by atoms with E-state index in [1.54, 1.807) is 13.8 Å². The highest BCUT2D eigenvalue weighted by Crippen LogP contribution is 2.48. The van der Waals surface area contributed by atoms with Crippen molar-refractivity contribution in [2.45, 2.75) is 20.8 Å². The fourth-order valence-electron chi connectivity index (χ4n) is 0.619. The minimum Gasteiger partial charge on any atom is -0.361 e. The van der Waals surface area contributed by atoms with Crippen LogP contribution >= 0.6 is 7.60 Å². The summed E-state index contributed by atoms with van der Waals surface area (Å²) < 4.78 is 21.3. The SMILES string of the molecule is CCOP(=O)(OCC)C(C)=[N+]=[N-]. The van der Waals surface area contributed by atoms with Gasteiger partial charge in [-0.1, -0.05) is 0 Å². The number of nitrogens with zero attached hydrogens (tertiary/aromatic N) is 2. The molecule has 0 saturated carbocycles. The van der Waals surface area contributed by atoms with Crippen molar-refractivity contribution in [1.82, 2.24) is 0 Å². The molecule has 0 aromatic carbocycles. The zero-order valence-electron chi connectivity index (χ0n) is 7.48. The Hall–Kier alpha value is -0.470. The summed E-state index contributed by atoms with van der Waals surface area (Å²) in [5, 5.41) is 0. The molecule has 0 bridgehead atoms. The molecule has 0 radical (unpaired) electrons. The second kappa shape index (κ2) is 5.22. The first-order valence-electron chi connectivity index (χ1n) is 3.69. The minimum absolute atomic E-state index is 0.0220. The van der Waals surface area contributed by atoms with Crippen LogP contribution in [0.15, 0.2) is 0 Å². The standard InChI is InChI=1S/C6H13N2O3P/c1-4-10-12(9,11-5-2)6(3)8-7/h4-5H2,1-3H3. The van der Waals surface area contributed by atoms with Crippen molar-refractivity contribution in [3.05, 3.63) is 5.53 Å². The van der Waals surface area contributed by atoms with Crippen LogP contribution in [-0.4, -0.2) is 23.5 Å². The van der Waals surface area contributed by atoms with E-state index < -0.39 is 7.60 Å². The van der Waals surface area contributed by atoms with Crippen LogP contribution in [0.5, 0.6) is 0 Å². The van der Waals surface area contributed by atoms with Gasteiger partial charge in [-0.15, -0.1) is 0 Å². The monoisotopic (exact) mass is 192 g/mol. The van der Waals surface area contributed by atoms with Crippen LogP contribution in [0.25, 0.3) is 5.53 Å². The van der Waals surface area contributed by atoms with E-state index in [0.717, 1.165) is 0 Å². The average Bonchev–Trinajstić information content (AvgIpc) is 2.04. The van der Waals surface area contributed by atoms with Crippen molar-refractivity contribution in [3.63, 3.8) is 0 Å². The van der Waals surface area contributed by atoms with E-state index in [0.29, 0.717) is 0 Å². The highest BCUT2D eigenvalue weighted by molar-refractivity contribution is 7.71. The van der Waals surface area contributed by atoms with E-state index in [9.17, 15) is 4.57 Å². The van der Waals surface area contributed by atoms with Crippen LogP contribution < -0.4 is 0 Å². The molecule has 0 unspecified atom stereocenters. The second-order valence-electron chi connectivity index (χ2n) is 1.98. The smallest absolute Gasteiger partial charge is 0.361 e. The van der Waals surface area contributed by atoms with Crippen molar-refractivity contribution in [2.24, 2.45) is 0 Å². The van der Waals surface area contributed by atoms with Gasteiger partial charge in [-0.05, 0) is 13.8 Å². The summed E-state index contributed by atoms with van der Waals surface area (Å²) in [6.45, 7) is 5.28. The number of hydrogen-bond donors (Lipinski definition) is 0. The van der Waals surface area contributed by atoms with Crippen molar-refractivity contribution in [2.75, 3.05) is 13.2 Å². The van der Waals surface area contributed by atoms with Gasteiger partial charge in [-0.25, -0.2) is 4.57 Å². The molecule has 0 aliphatic heterocycles. The van der Waals surface area contributed by atoms with Crippen molar-refractivity contribution in [3.8, 4) is 0 Å². The third-order valence-electron chi connectivity index (χ3n) is 1.14. The predicted octanol–water partition coefficient (Wildman–Crippen LogP) is 1.90. The zero-order chi connectivity index (χ0) is 9.61. The van der Waals surface area contributed by atoms with Gasteiger partial charge in [0, 0.05) is 6.92 Å². The molecule has 0 aliphatic rings. The molecule has 0 N–H and O–H groups in total. The highest BCUT2D eigenvalue weighted by Gasteiger charge is 2.35. The maximum atomic E-state index is 11.6. The summed E-state index contributed by atoms with van der Waals surface area (Å²) in [7, 11) is -3.31. The summed E-state index contributed by atoms with van der Waals surface area (Å²) in [6, 6.07) is 0. The predicted molar refractivity (Wildman–Crippen MR) is 45.2 cm³/mol. The Morgan fingerprint density at radius 3 is 2.08 bits per heavy atom. The lowest BCUT2D eigenvalue weighted by Crippen LogP contribution is -2.04. The molecule has 0 rings (SSSR count). The van der Waals surface area contributed by atoms with Gasteiger partial charge >= 0.3 is 13.0 Å². The quantitative estimate of drug-likeness (QED) is 0.289. The van der Waals surface area contributed by atoms with Gasteiger partial charge in [0.2, 0.25) is 0 Å². The second-order valence-corrected chi connectivity index (χ2v) is 4.14. The molecule has 12 heavy (non-hydrogen) atoms. The lowest BCUT2D eigenvalue weighted by molar-refractivity contribution is -0.00449. The maximum Gasteiger partial charge on any atom is 0.437 e. The topological polar surface area (TPSA) is 71.9 Å².